The molecule has 0 N–H and O–H groups in total. The van der Waals surface area contributed by atoms with Gasteiger partial charge in [0.25, 0.3) is 0 Å². The Bertz CT molecular complexity index is 393. The summed E-state index contributed by atoms with van der Waals surface area (Å²) in [7, 11) is -1.29. The first kappa shape index (κ1) is 30.3. The predicted molar refractivity (Wildman–Crippen MR) is 140 cm³/mol. The molecule has 0 amide bonds. The number of alkyl halides is 2. The molecule has 0 aromatic carbocycles. The van der Waals surface area contributed by atoms with E-state index in [-0.39, 0.29) is 6.42 Å². The second kappa shape index (κ2) is 22.5. The first-order valence-electron chi connectivity index (χ1n) is 13.2. The van der Waals surface area contributed by atoms with Crippen LogP contribution in [0, 0.1) is 0 Å². The zero-order chi connectivity index (χ0) is 23.0. The van der Waals surface area contributed by atoms with E-state index in [9.17, 15) is 8.78 Å². The Morgan fingerprint density at radius 2 is 0.774 bits per heavy atom. The van der Waals surface area contributed by atoms with Gasteiger partial charge in [-0.1, -0.05) is 121 Å². The maximum atomic E-state index is 12.0. The van der Waals surface area contributed by atoms with Gasteiger partial charge in [-0.3, -0.25) is 0 Å². The zero-order valence-corrected chi connectivity index (χ0v) is 21.5. The quantitative estimate of drug-likeness (QED) is 0.0730. The number of hydrogen-bond donors (Lipinski definition) is 0. The smallest absolute Gasteiger partial charge is 0.211 e. The van der Waals surface area contributed by atoms with Crippen LogP contribution >= 0.6 is 0 Å². The van der Waals surface area contributed by atoms with E-state index < -0.39 is 14.5 Å². The number of hydrogen-bond acceptors (Lipinski definition) is 0. The summed E-state index contributed by atoms with van der Waals surface area (Å²) in [5.74, 6) is 0. The summed E-state index contributed by atoms with van der Waals surface area (Å²) in [6.07, 6.45) is 24.8. The molecule has 0 aromatic heterocycles. The van der Waals surface area contributed by atoms with E-state index in [0.29, 0.717) is 6.42 Å². The molecular weight excluding hydrogens is 402 g/mol. The Morgan fingerprint density at radius 1 is 0.484 bits per heavy atom. The molecule has 0 aliphatic heterocycles. The summed E-state index contributed by atoms with van der Waals surface area (Å²) in [4.78, 5) is 0. The van der Waals surface area contributed by atoms with Gasteiger partial charge in [-0.25, -0.2) is 8.78 Å². The van der Waals surface area contributed by atoms with Crippen LogP contribution in [0.3, 0.4) is 0 Å². The van der Waals surface area contributed by atoms with Crippen LogP contribution in [0.5, 0.6) is 0 Å². The van der Waals surface area contributed by atoms with Gasteiger partial charge in [-0.2, -0.15) is 0 Å². The average Bonchev–Trinajstić information content (AvgIpc) is 2.73. The summed E-state index contributed by atoms with van der Waals surface area (Å²) in [6.45, 7) is 12.0. The third-order valence-corrected chi connectivity index (χ3v) is 11.5. The molecule has 182 valence electrons. The monoisotopic (exact) mass is 454 g/mol. The fourth-order valence-corrected chi connectivity index (χ4v) is 8.70. The lowest BCUT2D eigenvalue weighted by molar-refractivity contribution is 0.133. The molecule has 0 saturated carbocycles. The maximum absolute atomic E-state index is 12.0. The molecule has 0 aliphatic rings. The van der Waals surface area contributed by atoms with Crippen molar-refractivity contribution in [2.45, 2.75) is 140 Å². The standard InChI is InChI=1S/C28H52F2Si/c1-4-24-31(25-5-2,26-6-3)27-22-20-18-16-14-12-10-8-7-9-11-13-15-17-19-21-23-28(29)30/h4-6,28H,1-3,7-27H2. The largest absolute Gasteiger partial charge is 0.238 e. The lowest BCUT2D eigenvalue weighted by Gasteiger charge is -2.28. The summed E-state index contributed by atoms with van der Waals surface area (Å²) >= 11 is 0. The highest BCUT2D eigenvalue weighted by Crippen LogP contribution is 2.30. The molecule has 0 bridgehead atoms. The molecule has 0 saturated heterocycles. The molecule has 0 spiro atoms. The summed E-state index contributed by atoms with van der Waals surface area (Å²) in [5.41, 5.74) is 0. The highest BCUT2D eigenvalue weighted by atomic mass is 28.3. The summed E-state index contributed by atoms with van der Waals surface area (Å²) in [6, 6.07) is 5.00. The minimum Gasteiger partial charge on any atom is -0.211 e. The van der Waals surface area contributed by atoms with Crippen LogP contribution in [-0.2, 0) is 0 Å². The molecule has 31 heavy (non-hydrogen) atoms. The zero-order valence-electron chi connectivity index (χ0n) is 20.5. The van der Waals surface area contributed by atoms with Crippen molar-refractivity contribution < 1.29 is 8.78 Å². The van der Waals surface area contributed by atoms with Crippen molar-refractivity contribution in [1.82, 2.24) is 0 Å². The Balaban J connectivity index is 3.43. The average molecular weight is 455 g/mol. The Morgan fingerprint density at radius 3 is 1.06 bits per heavy atom. The van der Waals surface area contributed by atoms with Gasteiger partial charge in [0, 0.05) is 6.42 Å². The van der Waals surface area contributed by atoms with Crippen LogP contribution in [0.4, 0.5) is 8.78 Å². The highest BCUT2D eigenvalue weighted by molar-refractivity contribution is 6.81. The van der Waals surface area contributed by atoms with Crippen LogP contribution in [0.2, 0.25) is 24.2 Å². The molecule has 0 nitrogen and oxygen atoms in total. The predicted octanol–water partition coefficient (Wildman–Crippen LogP) is 10.9. The van der Waals surface area contributed by atoms with Crippen molar-refractivity contribution in [2.75, 3.05) is 0 Å². The lowest BCUT2D eigenvalue weighted by atomic mass is 10.0. The van der Waals surface area contributed by atoms with Gasteiger partial charge in [-0.05, 0) is 24.6 Å². The van der Waals surface area contributed by atoms with Crippen LogP contribution in [-0.4, -0.2) is 14.5 Å². The van der Waals surface area contributed by atoms with Gasteiger partial charge in [0.05, 0.1) is 8.07 Å². The van der Waals surface area contributed by atoms with Gasteiger partial charge >= 0.3 is 0 Å². The van der Waals surface area contributed by atoms with Gasteiger partial charge in [0.1, 0.15) is 0 Å². The fourth-order valence-electron chi connectivity index (χ4n) is 4.75. The molecule has 0 heterocycles. The van der Waals surface area contributed by atoms with Crippen LogP contribution in [0.25, 0.3) is 0 Å². The van der Waals surface area contributed by atoms with Crippen LogP contribution in [0.15, 0.2) is 38.0 Å². The number of unbranched alkanes of at least 4 members (excludes halogenated alkanes) is 15. The highest BCUT2D eigenvalue weighted by Gasteiger charge is 2.27. The third-order valence-electron chi connectivity index (χ3n) is 6.61. The second-order valence-corrected chi connectivity index (χ2v) is 14.3. The normalized spacial score (nSPS) is 11.7. The molecule has 0 rings (SSSR count). The SMILES string of the molecule is C=CC[Si](CC=C)(CC=C)CCCCCCCCCCCCCCCCCCC(F)F. The van der Waals surface area contributed by atoms with E-state index in [1.54, 1.807) is 0 Å². The minimum atomic E-state index is -2.11. The van der Waals surface area contributed by atoms with Gasteiger partial charge in [0.2, 0.25) is 6.43 Å². The topological polar surface area (TPSA) is 0 Å². The van der Waals surface area contributed by atoms with E-state index in [2.05, 4.69) is 38.0 Å². The minimum absolute atomic E-state index is 0.0868. The van der Waals surface area contributed by atoms with Gasteiger partial charge < -0.3 is 0 Å². The lowest BCUT2D eigenvalue weighted by Crippen LogP contribution is -2.31. The molecule has 0 aliphatic carbocycles. The van der Waals surface area contributed by atoms with Crippen molar-refractivity contribution in [3.8, 4) is 0 Å². The summed E-state index contributed by atoms with van der Waals surface area (Å²) in [5, 5.41) is 0. The van der Waals surface area contributed by atoms with Crippen LogP contribution in [0.1, 0.15) is 109 Å². The van der Waals surface area contributed by atoms with E-state index >= 15 is 0 Å². The Kier molecular flexibility index (Phi) is 22.0. The van der Waals surface area contributed by atoms with Crippen molar-refractivity contribution in [2.24, 2.45) is 0 Å². The number of rotatable bonds is 25. The molecule has 0 radical (unpaired) electrons. The van der Waals surface area contributed by atoms with E-state index in [1.807, 2.05) is 0 Å². The Hall–Kier alpha value is -0.703. The van der Waals surface area contributed by atoms with E-state index in [0.717, 1.165) is 12.8 Å². The van der Waals surface area contributed by atoms with Crippen molar-refractivity contribution in [1.29, 1.82) is 0 Å². The van der Waals surface area contributed by atoms with Crippen LogP contribution < -0.4 is 0 Å². The first-order valence-corrected chi connectivity index (χ1v) is 16.0. The van der Waals surface area contributed by atoms with Crippen molar-refractivity contribution in [3.05, 3.63) is 38.0 Å². The number of halogens is 2. The molecule has 0 aromatic rings. The molecular formula is C28H52F2Si. The Labute approximate surface area is 194 Å². The van der Waals surface area contributed by atoms with Crippen molar-refractivity contribution in [3.63, 3.8) is 0 Å². The van der Waals surface area contributed by atoms with E-state index in [1.165, 1.54) is 108 Å². The number of allylic oxidation sites excluding steroid dienone is 3. The summed E-state index contributed by atoms with van der Waals surface area (Å²) < 4.78 is 24.1. The molecule has 0 atom stereocenters. The van der Waals surface area contributed by atoms with Crippen molar-refractivity contribution >= 4 is 8.07 Å². The maximum Gasteiger partial charge on any atom is 0.238 e. The first-order chi connectivity index (χ1) is 15.1. The fraction of sp³-hybridized carbons (Fsp3) is 0.786. The van der Waals surface area contributed by atoms with Gasteiger partial charge in [0.15, 0.2) is 0 Å². The molecule has 0 fully saturated rings. The third kappa shape index (κ3) is 19.7. The van der Waals surface area contributed by atoms with Gasteiger partial charge in [-0.15, -0.1) is 19.7 Å². The molecule has 0 unspecified atom stereocenters. The molecule has 3 heteroatoms. The second-order valence-electron chi connectivity index (χ2n) is 9.57. The van der Waals surface area contributed by atoms with E-state index in [4.69, 9.17) is 0 Å².